The fraction of sp³-hybridized carbons (Fsp3) is 0.650. The fourth-order valence-electron chi connectivity index (χ4n) is 3.05. The third-order valence-electron chi connectivity index (χ3n) is 4.47. The van der Waals surface area contributed by atoms with Crippen LogP contribution < -0.4 is 10.6 Å². The molecule has 0 radical (unpaired) electrons. The number of guanidine groups is 1. The maximum Gasteiger partial charge on any atom is 0.191 e. The van der Waals surface area contributed by atoms with E-state index in [0.717, 1.165) is 70.0 Å². The third kappa shape index (κ3) is 8.05. The predicted molar refractivity (Wildman–Crippen MR) is 112 cm³/mol. The average Bonchev–Trinajstić information content (AvgIpc) is 2.70. The summed E-state index contributed by atoms with van der Waals surface area (Å²) < 4.78 is 10.9. The minimum absolute atomic E-state index is 0.213. The monoisotopic (exact) mass is 396 g/mol. The van der Waals surface area contributed by atoms with Gasteiger partial charge in [-0.3, -0.25) is 9.89 Å². The first-order valence-electron chi connectivity index (χ1n) is 9.91. The molecule has 0 amide bonds. The summed E-state index contributed by atoms with van der Waals surface area (Å²) in [7, 11) is 0. The van der Waals surface area contributed by atoms with Crippen LogP contribution in [0.5, 0.6) is 0 Å². The lowest BCUT2D eigenvalue weighted by atomic mass is 10.0. The maximum atomic E-state index is 6.07. The van der Waals surface area contributed by atoms with Crippen LogP contribution >= 0.6 is 11.6 Å². The van der Waals surface area contributed by atoms with Gasteiger partial charge < -0.3 is 20.1 Å². The van der Waals surface area contributed by atoms with Crippen LogP contribution in [0.2, 0.25) is 5.02 Å². The highest BCUT2D eigenvalue weighted by atomic mass is 35.5. The first kappa shape index (κ1) is 22.0. The van der Waals surface area contributed by atoms with Gasteiger partial charge in [0.25, 0.3) is 0 Å². The van der Waals surface area contributed by atoms with E-state index in [-0.39, 0.29) is 6.04 Å². The number of rotatable bonds is 10. The molecule has 0 saturated carbocycles. The zero-order valence-electron chi connectivity index (χ0n) is 16.5. The second-order valence-electron chi connectivity index (χ2n) is 6.41. The Morgan fingerprint density at radius 1 is 1.22 bits per heavy atom. The number of hydrogen-bond acceptors (Lipinski definition) is 4. The summed E-state index contributed by atoms with van der Waals surface area (Å²) in [5.41, 5.74) is 1.23. The number of morpholine rings is 1. The third-order valence-corrected chi connectivity index (χ3v) is 4.72. The molecule has 6 nitrogen and oxygen atoms in total. The second-order valence-corrected chi connectivity index (χ2v) is 6.85. The quantitative estimate of drug-likeness (QED) is 0.362. The van der Waals surface area contributed by atoms with Crippen molar-refractivity contribution < 1.29 is 9.47 Å². The molecule has 1 aromatic rings. The Bertz CT molecular complexity index is 547. The van der Waals surface area contributed by atoms with E-state index in [1.165, 1.54) is 5.56 Å². The highest BCUT2D eigenvalue weighted by Crippen LogP contribution is 2.24. The van der Waals surface area contributed by atoms with Crippen molar-refractivity contribution >= 4 is 17.6 Å². The molecule has 7 heteroatoms. The maximum absolute atomic E-state index is 6.07. The number of ether oxygens (including phenoxy) is 2. The first-order valence-corrected chi connectivity index (χ1v) is 10.3. The zero-order valence-corrected chi connectivity index (χ0v) is 17.3. The van der Waals surface area contributed by atoms with E-state index < -0.39 is 0 Å². The van der Waals surface area contributed by atoms with Crippen LogP contribution in [0.1, 0.15) is 31.9 Å². The molecule has 2 N–H and O–H groups in total. The number of nitrogens with zero attached hydrogens (tertiary/aromatic N) is 2. The summed E-state index contributed by atoms with van der Waals surface area (Å²) in [4.78, 5) is 7.28. The van der Waals surface area contributed by atoms with Gasteiger partial charge in [-0.05, 0) is 38.0 Å². The normalized spacial score (nSPS) is 16.9. The SMILES string of the molecule is CCNC(=NCC(c1ccc(Cl)cc1)N1CCOCC1)NCCCOCC. The molecular formula is C20H33ClN4O2. The Hall–Kier alpha value is -1.34. The lowest BCUT2D eigenvalue weighted by molar-refractivity contribution is 0.0179. The molecule has 2 rings (SSSR count). The van der Waals surface area contributed by atoms with Crippen molar-refractivity contribution in [1.82, 2.24) is 15.5 Å². The number of hydrogen-bond donors (Lipinski definition) is 2. The molecule has 1 aliphatic heterocycles. The van der Waals surface area contributed by atoms with E-state index >= 15 is 0 Å². The van der Waals surface area contributed by atoms with Crippen LogP contribution in [-0.2, 0) is 9.47 Å². The van der Waals surface area contributed by atoms with Gasteiger partial charge in [-0.25, -0.2) is 0 Å². The van der Waals surface area contributed by atoms with Crippen molar-refractivity contribution in [3.8, 4) is 0 Å². The van der Waals surface area contributed by atoms with E-state index in [1.807, 2.05) is 19.1 Å². The van der Waals surface area contributed by atoms with Crippen molar-refractivity contribution in [3.63, 3.8) is 0 Å². The molecule has 27 heavy (non-hydrogen) atoms. The highest BCUT2D eigenvalue weighted by molar-refractivity contribution is 6.30. The Morgan fingerprint density at radius 2 is 1.96 bits per heavy atom. The van der Waals surface area contributed by atoms with Crippen molar-refractivity contribution in [2.24, 2.45) is 4.99 Å². The van der Waals surface area contributed by atoms with Crippen LogP contribution in [0.15, 0.2) is 29.3 Å². The van der Waals surface area contributed by atoms with E-state index in [2.05, 4.69) is 34.6 Å². The van der Waals surface area contributed by atoms with Gasteiger partial charge in [0.05, 0.1) is 25.8 Å². The number of aliphatic imine (C=N–C) groups is 1. The minimum atomic E-state index is 0.213. The van der Waals surface area contributed by atoms with Gasteiger partial charge >= 0.3 is 0 Å². The van der Waals surface area contributed by atoms with E-state index in [9.17, 15) is 0 Å². The van der Waals surface area contributed by atoms with Crippen molar-refractivity contribution in [2.45, 2.75) is 26.3 Å². The molecule has 1 aliphatic rings. The molecule has 1 atom stereocenters. The fourth-order valence-corrected chi connectivity index (χ4v) is 3.18. The van der Waals surface area contributed by atoms with E-state index in [1.54, 1.807) is 0 Å². The predicted octanol–water partition coefficient (Wildman–Crippen LogP) is 2.70. The topological polar surface area (TPSA) is 58.1 Å². The summed E-state index contributed by atoms with van der Waals surface area (Å²) in [5.74, 6) is 0.848. The van der Waals surface area contributed by atoms with Crippen LogP contribution in [0.3, 0.4) is 0 Å². The molecule has 1 fully saturated rings. The van der Waals surface area contributed by atoms with E-state index in [0.29, 0.717) is 6.54 Å². The van der Waals surface area contributed by atoms with Crippen LogP contribution in [-0.4, -0.2) is 70.0 Å². The lowest BCUT2D eigenvalue weighted by Crippen LogP contribution is -2.42. The summed E-state index contributed by atoms with van der Waals surface area (Å²) >= 11 is 6.07. The van der Waals surface area contributed by atoms with Gasteiger partial charge in [-0.15, -0.1) is 0 Å². The average molecular weight is 397 g/mol. The largest absolute Gasteiger partial charge is 0.382 e. The molecule has 152 valence electrons. The van der Waals surface area contributed by atoms with Crippen LogP contribution in [0.4, 0.5) is 0 Å². The van der Waals surface area contributed by atoms with Gasteiger partial charge in [0, 0.05) is 44.4 Å². The Kier molecular flexibility index (Phi) is 10.5. The van der Waals surface area contributed by atoms with Crippen LogP contribution in [0.25, 0.3) is 0 Å². The standard InChI is InChI=1S/C20H33ClN4O2/c1-3-22-20(23-10-5-13-26-4-2)24-16-19(25-11-14-27-15-12-25)17-6-8-18(21)9-7-17/h6-9,19H,3-5,10-16H2,1-2H3,(H2,22,23,24). The number of halogens is 1. The Balaban J connectivity index is 2.01. The van der Waals surface area contributed by atoms with E-state index in [4.69, 9.17) is 26.1 Å². The molecule has 1 unspecified atom stereocenters. The summed E-state index contributed by atoms with van der Waals surface area (Å²) in [6.45, 7) is 11.4. The molecular weight excluding hydrogens is 364 g/mol. The lowest BCUT2D eigenvalue weighted by Gasteiger charge is -2.34. The Labute approximate surface area is 168 Å². The first-order chi connectivity index (χ1) is 13.2. The molecule has 1 heterocycles. The zero-order chi connectivity index (χ0) is 19.3. The van der Waals surface area contributed by atoms with Gasteiger partial charge in [0.15, 0.2) is 5.96 Å². The molecule has 0 bridgehead atoms. The summed E-state index contributed by atoms with van der Waals surface area (Å²) in [6, 6.07) is 8.31. The van der Waals surface area contributed by atoms with Crippen molar-refractivity contribution in [2.75, 3.05) is 59.2 Å². The number of benzene rings is 1. The second kappa shape index (κ2) is 12.9. The van der Waals surface area contributed by atoms with Gasteiger partial charge in [-0.2, -0.15) is 0 Å². The highest BCUT2D eigenvalue weighted by Gasteiger charge is 2.22. The molecule has 1 saturated heterocycles. The van der Waals surface area contributed by atoms with Crippen molar-refractivity contribution in [3.05, 3.63) is 34.9 Å². The smallest absolute Gasteiger partial charge is 0.191 e. The summed E-state index contributed by atoms with van der Waals surface area (Å²) in [5, 5.41) is 7.48. The molecule has 0 aromatic heterocycles. The van der Waals surface area contributed by atoms with Crippen LogP contribution in [0, 0.1) is 0 Å². The Morgan fingerprint density at radius 3 is 2.63 bits per heavy atom. The number of nitrogens with one attached hydrogen (secondary N) is 2. The van der Waals surface area contributed by atoms with Gasteiger partial charge in [0.1, 0.15) is 0 Å². The van der Waals surface area contributed by atoms with Gasteiger partial charge in [-0.1, -0.05) is 23.7 Å². The molecule has 1 aromatic carbocycles. The minimum Gasteiger partial charge on any atom is -0.382 e. The van der Waals surface area contributed by atoms with Gasteiger partial charge in [0.2, 0.25) is 0 Å². The molecule has 0 aliphatic carbocycles. The van der Waals surface area contributed by atoms with Crippen molar-refractivity contribution in [1.29, 1.82) is 0 Å². The molecule has 0 spiro atoms. The summed E-state index contributed by atoms with van der Waals surface area (Å²) in [6.07, 6.45) is 0.961.